The molecule has 0 radical (unpaired) electrons. The van der Waals surface area contributed by atoms with Crippen LogP contribution in [0.5, 0.6) is 0 Å². The molecule has 3 aromatic rings. The van der Waals surface area contributed by atoms with Crippen LogP contribution in [-0.4, -0.2) is 29.4 Å². The van der Waals surface area contributed by atoms with Gasteiger partial charge in [0.05, 0.1) is 4.90 Å². The van der Waals surface area contributed by atoms with Gasteiger partial charge in [0, 0.05) is 16.6 Å². The molecule has 1 aliphatic heterocycles. The Labute approximate surface area is 164 Å². The van der Waals surface area contributed by atoms with Crippen LogP contribution >= 0.6 is 15.9 Å². The molecule has 1 saturated heterocycles. The van der Waals surface area contributed by atoms with Crippen LogP contribution in [0.3, 0.4) is 0 Å². The predicted molar refractivity (Wildman–Crippen MR) is 99.7 cm³/mol. The fourth-order valence-electron chi connectivity index (χ4n) is 3.14. The minimum Gasteiger partial charge on any atom is -0.337 e. The molecule has 140 valence electrons. The Morgan fingerprint density at radius 2 is 1.89 bits per heavy atom. The highest BCUT2D eigenvalue weighted by Crippen LogP contribution is 2.38. The van der Waals surface area contributed by atoms with Crippen molar-refractivity contribution in [2.24, 2.45) is 0 Å². The molecule has 9 heteroatoms. The largest absolute Gasteiger partial charge is 0.337 e. The lowest BCUT2D eigenvalue weighted by molar-refractivity contribution is 0.290. The number of benzene rings is 2. The molecule has 0 unspecified atom stereocenters. The van der Waals surface area contributed by atoms with E-state index in [9.17, 15) is 12.8 Å². The second kappa shape index (κ2) is 7.14. The van der Waals surface area contributed by atoms with Gasteiger partial charge in [0.15, 0.2) is 0 Å². The number of halogens is 2. The quantitative estimate of drug-likeness (QED) is 0.594. The highest BCUT2D eigenvalue weighted by molar-refractivity contribution is 9.10. The summed E-state index contributed by atoms with van der Waals surface area (Å²) in [6.07, 6.45) is 1.29. The van der Waals surface area contributed by atoms with Crippen LogP contribution in [-0.2, 0) is 10.0 Å². The van der Waals surface area contributed by atoms with Crippen molar-refractivity contribution in [3.05, 3.63) is 64.7 Å². The summed E-state index contributed by atoms with van der Waals surface area (Å²) in [5.41, 5.74) is 0.601. The zero-order chi connectivity index (χ0) is 19.0. The average Bonchev–Trinajstić information content (AvgIpc) is 3.32. The lowest BCUT2D eigenvalue weighted by atomic mass is 10.2. The van der Waals surface area contributed by atoms with Crippen LogP contribution in [0, 0.1) is 5.82 Å². The van der Waals surface area contributed by atoms with Gasteiger partial charge < -0.3 is 4.52 Å². The molecule has 0 spiro atoms. The van der Waals surface area contributed by atoms with Gasteiger partial charge in [0.25, 0.3) is 0 Å². The maximum atomic E-state index is 13.1. The highest BCUT2D eigenvalue weighted by Gasteiger charge is 2.40. The van der Waals surface area contributed by atoms with Crippen molar-refractivity contribution in [3.63, 3.8) is 0 Å². The summed E-state index contributed by atoms with van der Waals surface area (Å²) < 4.78 is 46.6. The van der Waals surface area contributed by atoms with Crippen molar-refractivity contribution in [3.8, 4) is 11.4 Å². The SMILES string of the molecule is O=S(=O)(c1ccccc1Br)N1CCC[C@H]1c1nc(-c2ccc(F)cc2)no1. The van der Waals surface area contributed by atoms with Crippen LogP contribution in [0.4, 0.5) is 4.39 Å². The normalized spacial score (nSPS) is 18.1. The third-order valence-corrected chi connectivity index (χ3v) is 7.38. The fourth-order valence-corrected chi connectivity index (χ4v) is 5.76. The first-order chi connectivity index (χ1) is 13.0. The Bertz CT molecular complexity index is 1070. The van der Waals surface area contributed by atoms with Gasteiger partial charge in [-0.05, 0) is 65.2 Å². The summed E-state index contributed by atoms with van der Waals surface area (Å²) in [4.78, 5) is 4.56. The molecular weight excluding hydrogens is 437 g/mol. The lowest BCUT2D eigenvalue weighted by Gasteiger charge is -2.21. The fraction of sp³-hybridized carbons (Fsp3) is 0.222. The van der Waals surface area contributed by atoms with Crippen molar-refractivity contribution in [2.75, 3.05) is 6.54 Å². The second-order valence-corrected chi connectivity index (χ2v) is 8.88. The molecule has 1 fully saturated rings. The van der Waals surface area contributed by atoms with Gasteiger partial charge in [-0.15, -0.1) is 0 Å². The molecule has 1 atom stereocenters. The molecule has 0 aliphatic carbocycles. The van der Waals surface area contributed by atoms with Gasteiger partial charge in [-0.3, -0.25) is 0 Å². The predicted octanol–water partition coefficient (Wildman–Crippen LogP) is 4.16. The van der Waals surface area contributed by atoms with E-state index in [0.717, 1.165) is 0 Å². The number of nitrogens with zero attached hydrogens (tertiary/aromatic N) is 3. The Balaban J connectivity index is 1.66. The lowest BCUT2D eigenvalue weighted by Crippen LogP contribution is -2.31. The molecule has 2 heterocycles. The van der Waals surface area contributed by atoms with Gasteiger partial charge in [-0.2, -0.15) is 9.29 Å². The Kier molecular flexibility index (Phi) is 4.83. The van der Waals surface area contributed by atoms with E-state index in [1.54, 1.807) is 36.4 Å². The molecule has 4 rings (SSSR count). The summed E-state index contributed by atoms with van der Waals surface area (Å²) in [6, 6.07) is 11.9. The Morgan fingerprint density at radius 1 is 1.15 bits per heavy atom. The Hall–Kier alpha value is -2.10. The van der Waals surface area contributed by atoms with Crippen LogP contribution < -0.4 is 0 Å². The van der Waals surface area contributed by atoms with E-state index in [2.05, 4.69) is 26.1 Å². The first-order valence-corrected chi connectivity index (χ1v) is 10.6. The van der Waals surface area contributed by atoms with Gasteiger partial charge in [-0.25, -0.2) is 12.8 Å². The van der Waals surface area contributed by atoms with Crippen molar-refractivity contribution < 1.29 is 17.3 Å². The van der Waals surface area contributed by atoms with E-state index in [1.807, 2.05) is 0 Å². The maximum absolute atomic E-state index is 13.1. The number of hydrogen-bond acceptors (Lipinski definition) is 5. The summed E-state index contributed by atoms with van der Waals surface area (Å²) in [7, 11) is -3.72. The molecule has 0 saturated carbocycles. The standard InChI is InChI=1S/C18H15BrFN3O3S/c19-14-4-1-2-6-16(14)27(24,25)23-11-3-5-15(23)18-21-17(22-26-18)12-7-9-13(20)10-8-12/h1-2,4,6-10,15H,3,5,11H2/t15-/m0/s1. The molecular formula is C18H15BrFN3O3S. The summed E-state index contributed by atoms with van der Waals surface area (Å²) in [5.74, 6) is 0.182. The molecule has 6 nitrogen and oxygen atoms in total. The second-order valence-electron chi connectivity index (χ2n) is 6.17. The molecule has 27 heavy (non-hydrogen) atoms. The van der Waals surface area contributed by atoms with Gasteiger partial charge in [-0.1, -0.05) is 17.3 Å². The van der Waals surface area contributed by atoms with Crippen molar-refractivity contribution in [2.45, 2.75) is 23.8 Å². The van der Waals surface area contributed by atoms with Crippen LogP contribution in [0.25, 0.3) is 11.4 Å². The van der Waals surface area contributed by atoms with E-state index in [1.165, 1.54) is 16.4 Å². The molecule has 1 aliphatic rings. The highest BCUT2D eigenvalue weighted by atomic mass is 79.9. The van der Waals surface area contributed by atoms with E-state index in [-0.39, 0.29) is 16.6 Å². The summed E-state index contributed by atoms with van der Waals surface area (Å²) >= 11 is 3.31. The van der Waals surface area contributed by atoms with Gasteiger partial charge >= 0.3 is 0 Å². The summed E-state index contributed by atoms with van der Waals surface area (Å²) in [6.45, 7) is 0.378. The number of hydrogen-bond donors (Lipinski definition) is 0. The topological polar surface area (TPSA) is 76.3 Å². The van der Waals surface area contributed by atoms with E-state index >= 15 is 0 Å². The van der Waals surface area contributed by atoms with Crippen LogP contribution in [0.1, 0.15) is 24.8 Å². The van der Waals surface area contributed by atoms with Crippen LogP contribution in [0.2, 0.25) is 0 Å². The molecule has 0 amide bonds. The minimum absolute atomic E-state index is 0.204. The first kappa shape index (κ1) is 18.3. The molecule has 2 aromatic carbocycles. The van der Waals surface area contributed by atoms with Crippen LogP contribution in [0.15, 0.2) is 62.4 Å². The Morgan fingerprint density at radius 3 is 2.63 bits per heavy atom. The third kappa shape index (κ3) is 3.42. The molecule has 0 bridgehead atoms. The number of aromatic nitrogens is 2. The zero-order valence-electron chi connectivity index (χ0n) is 14.0. The number of rotatable bonds is 4. The van der Waals surface area contributed by atoms with E-state index in [0.29, 0.717) is 35.2 Å². The maximum Gasteiger partial charge on any atom is 0.245 e. The molecule has 1 aromatic heterocycles. The van der Waals surface area contributed by atoms with E-state index < -0.39 is 16.1 Å². The van der Waals surface area contributed by atoms with Crippen molar-refractivity contribution in [1.29, 1.82) is 0 Å². The monoisotopic (exact) mass is 451 g/mol. The zero-order valence-corrected chi connectivity index (χ0v) is 16.5. The van der Waals surface area contributed by atoms with E-state index in [4.69, 9.17) is 4.52 Å². The minimum atomic E-state index is -3.72. The smallest absolute Gasteiger partial charge is 0.245 e. The third-order valence-electron chi connectivity index (χ3n) is 4.46. The van der Waals surface area contributed by atoms with Gasteiger partial charge in [0.2, 0.25) is 21.7 Å². The molecule has 0 N–H and O–H groups in total. The van der Waals surface area contributed by atoms with Gasteiger partial charge in [0.1, 0.15) is 11.9 Å². The summed E-state index contributed by atoms with van der Waals surface area (Å²) in [5, 5.41) is 3.93. The van der Waals surface area contributed by atoms with Crippen molar-refractivity contribution >= 4 is 26.0 Å². The van der Waals surface area contributed by atoms with Crippen molar-refractivity contribution in [1.82, 2.24) is 14.4 Å². The first-order valence-electron chi connectivity index (χ1n) is 8.33. The average molecular weight is 452 g/mol. The number of sulfonamides is 1.